The van der Waals surface area contributed by atoms with Crippen LogP contribution in [-0.4, -0.2) is 23.3 Å². The Morgan fingerprint density at radius 2 is 1.61 bits per heavy atom. The van der Waals surface area contributed by atoms with Crippen LogP contribution < -0.4 is 9.64 Å². The van der Waals surface area contributed by atoms with Gasteiger partial charge in [-0.1, -0.05) is 50.2 Å². The van der Waals surface area contributed by atoms with Crippen LogP contribution in [0.1, 0.15) is 30.5 Å². The number of amidine groups is 1. The molecule has 0 atom stereocenters. The summed E-state index contributed by atoms with van der Waals surface area (Å²) in [6.45, 7) is 4.21. The van der Waals surface area contributed by atoms with Gasteiger partial charge in [0.1, 0.15) is 0 Å². The standard InChI is InChI=1S/C27H26N2O3S/c1-4-18-9-13-21(14-10-18)28-27-29(22-15-11-19(5-2)12-16-22)26(31)24(33-27)17-20-7-6-8-23(32-3)25(20)30/h6-17,30H,4-5H2,1-3H3/b24-17-,28-27?. The first-order valence-electron chi connectivity index (χ1n) is 10.9. The van der Waals surface area contributed by atoms with Crippen molar-refractivity contribution in [1.82, 2.24) is 0 Å². The van der Waals surface area contributed by atoms with Crippen molar-refractivity contribution in [3.8, 4) is 11.5 Å². The largest absolute Gasteiger partial charge is 0.504 e. The van der Waals surface area contributed by atoms with Crippen molar-refractivity contribution < 1.29 is 14.6 Å². The van der Waals surface area contributed by atoms with Gasteiger partial charge in [-0.25, -0.2) is 4.99 Å². The fraction of sp³-hybridized carbons (Fsp3) is 0.185. The van der Waals surface area contributed by atoms with Crippen molar-refractivity contribution in [2.45, 2.75) is 26.7 Å². The van der Waals surface area contributed by atoms with E-state index in [0.717, 1.165) is 24.2 Å². The first kappa shape index (κ1) is 22.7. The molecular weight excluding hydrogens is 432 g/mol. The molecule has 1 aliphatic heterocycles. The fourth-order valence-corrected chi connectivity index (χ4v) is 4.53. The fourth-order valence-electron chi connectivity index (χ4n) is 3.54. The lowest BCUT2D eigenvalue weighted by Crippen LogP contribution is -2.28. The predicted molar refractivity (Wildman–Crippen MR) is 136 cm³/mol. The molecule has 3 aromatic carbocycles. The van der Waals surface area contributed by atoms with E-state index < -0.39 is 0 Å². The molecule has 1 heterocycles. The number of aromatic hydroxyl groups is 1. The number of ether oxygens (including phenoxy) is 1. The maximum atomic E-state index is 13.5. The number of benzene rings is 3. The number of thioether (sulfide) groups is 1. The van der Waals surface area contributed by atoms with E-state index in [2.05, 4.69) is 13.8 Å². The van der Waals surface area contributed by atoms with E-state index in [4.69, 9.17) is 9.73 Å². The van der Waals surface area contributed by atoms with Crippen molar-refractivity contribution in [2.24, 2.45) is 4.99 Å². The van der Waals surface area contributed by atoms with Crippen molar-refractivity contribution >= 4 is 40.3 Å². The van der Waals surface area contributed by atoms with Crippen LogP contribution in [0.5, 0.6) is 11.5 Å². The number of phenols is 1. The Balaban J connectivity index is 1.77. The van der Waals surface area contributed by atoms with Crippen LogP contribution in [0.2, 0.25) is 0 Å². The minimum atomic E-state index is -0.185. The monoisotopic (exact) mass is 458 g/mol. The quantitative estimate of drug-likeness (QED) is 0.438. The van der Waals surface area contributed by atoms with Crippen molar-refractivity contribution in [2.75, 3.05) is 12.0 Å². The third-order valence-corrected chi connectivity index (χ3v) is 6.48. The number of rotatable bonds is 6. The number of aryl methyl sites for hydroxylation is 2. The van der Waals surface area contributed by atoms with E-state index >= 15 is 0 Å². The van der Waals surface area contributed by atoms with Gasteiger partial charge in [0.2, 0.25) is 0 Å². The number of anilines is 1. The van der Waals surface area contributed by atoms with E-state index in [0.29, 0.717) is 21.4 Å². The number of phenolic OH excluding ortho intramolecular Hbond substituents is 1. The second-order valence-corrected chi connectivity index (χ2v) is 8.59. The van der Waals surface area contributed by atoms with Gasteiger partial charge < -0.3 is 9.84 Å². The molecule has 0 unspecified atom stereocenters. The lowest BCUT2D eigenvalue weighted by atomic mass is 10.1. The first-order chi connectivity index (χ1) is 16.0. The molecule has 0 spiro atoms. The van der Waals surface area contributed by atoms with Gasteiger partial charge in [0.15, 0.2) is 16.7 Å². The average molecular weight is 459 g/mol. The maximum absolute atomic E-state index is 13.5. The number of hydrogen-bond donors (Lipinski definition) is 1. The van der Waals surface area contributed by atoms with E-state index in [1.54, 1.807) is 29.2 Å². The van der Waals surface area contributed by atoms with Crippen LogP contribution in [0, 0.1) is 0 Å². The third kappa shape index (κ3) is 4.81. The SMILES string of the molecule is CCc1ccc(N=C2S/C(=C\c3cccc(OC)c3O)C(=O)N2c2ccc(CC)cc2)cc1. The highest BCUT2D eigenvalue weighted by Crippen LogP contribution is 2.39. The number of para-hydroxylation sites is 1. The number of amides is 1. The molecule has 0 aromatic heterocycles. The van der Waals surface area contributed by atoms with Gasteiger partial charge in [-0.15, -0.1) is 0 Å². The van der Waals surface area contributed by atoms with Crippen molar-refractivity contribution in [3.05, 3.63) is 88.3 Å². The Kier molecular flexibility index (Phi) is 6.84. The Morgan fingerprint density at radius 1 is 0.970 bits per heavy atom. The van der Waals surface area contributed by atoms with Gasteiger partial charge >= 0.3 is 0 Å². The summed E-state index contributed by atoms with van der Waals surface area (Å²) in [5.41, 5.74) is 4.48. The lowest BCUT2D eigenvalue weighted by molar-refractivity contribution is -0.113. The molecule has 1 N–H and O–H groups in total. The molecule has 1 amide bonds. The maximum Gasteiger partial charge on any atom is 0.271 e. The molecular formula is C27H26N2O3S. The van der Waals surface area contributed by atoms with Gasteiger partial charge in [-0.3, -0.25) is 9.69 Å². The smallest absolute Gasteiger partial charge is 0.271 e. The average Bonchev–Trinajstić information content (AvgIpc) is 3.15. The highest BCUT2D eigenvalue weighted by atomic mass is 32.2. The molecule has 0 aliphatic carbocycles. The predicted octanol–water partition coefficient (Wildman–Crippen LogP) is 6.33. The number of hydrogen-bond acceptors (Lipinski definition) is 5. The zero-order valence-corrected chi connectivity index (χ0v) is 19.7. The summed E-state index contributed by atoms with van der Waals surface area (Å²) < 4.78 is 5.20. The van der Waals surface area contributed by atoms with Gasteiger partial charge in [0, 0.05) is 5.56 Å². The summed E-state index contributed by atoms with van der Waals surface area (Å²) in [5, 5.41) is 11.1. The number of carbonyl (C=O) groups excluding carboxylic acids is 1. The van der Waals surface area contributed by atoms with Gasteiger partial charge in [-0.05, 0) is 72.1 Å². The lowest BCUT2D eigenvalue weighted by Gasteiger charge is -2.16. The third-order valence-electron chi connectivity index (χ3n) is 5.52. The molecule has 1 saturated heterocycles. The van der Waals surface area contributed by atoms with Crippen LogP contribution in [0.25, 0.3) is 6.08 Å². The summed E-state index contributed by atoms with van der Waals surface area (Å²) in [5.74, 6) is 0.174. The molecule has 1 aliphatic rings. The minimum Gasteiger partial charge on any atom is -0.504 e. The summed E-state index contributed by atoms with van der Waals surface area (Å²) in [7, 11) is 1.50. The first-order valence-corrected chi connectivity index (χ1v) is 11.7. The number of aliphatic imine (C=N–C) groups is 1. The zero-order valence-electron chi connectivity index (χ0n) is 18.9. The van der Waals surface area contributed by atoms with Crippen LogP contribution in [0.15, 0.2) is 76.6 Å². The molecule has 4 rings (SSSR count). The number of methoxy groups -OCH3 is 1. The topological polar surface area (TPSA) is 62.1 Å². The van der Waals surface area contributed by atoms with Gasteiger partial charge in [-0.2, -0.15) is 0 Å². The summed E-state index contributed by atoms with van der Waals surface area (Å²) in [6, 6.07) is 21.2. The Morgan fingerprint density at radius 3 is 2.21 bits per heavy atom. The summed E-state index contributed by atoms with van der Waals surface area (Å²) in [6.07, 6.45) is 3.56. The number of nitrogens with zero attached hydrogens (tertiary/aromatic N) is 2. The molecule has 0 bridgehead atoms. The normalized spacial score (nSPS) is 16.1. The highest BCUT2D eigenvalue weighted by Gasteiger charge is 2.35. The second-order valence-electron chi connectivity index (χ2n) is 7.58. The van der Waals surface area contributed by atoms with Crippen LogP contribution in [0.4, 0.5) is 11.4 Å². The van der Waals surface area contributed by atoms with E-state index in [1.807, 2.05) is 48.5 Å². The summed E-state index contributed by atoms with van der Waals surface area (Å²) in [4.78, 5) is 20.4. The molecule has 168 valence electrons. The molecule has 5 nitrogen and oxygen atoms in total. The Labute approximate surface area is 198 Å². The Hall–Kier alpha value is -3.51. The summed E-state index contributed by atoms with van der Waals surface area (Å²) >= 11 is 1.29. The zero-order chi connectivity index (χ0) is 23.4. The molecule has 33 heavy (non-hydrogen) atoms. The Bertz CT molecular complexity index is 1220. The molecule has 0 saturated carbocycles. The molecule has 3 aromatic rings. The van der Waals surface area contributed by atoms with Crippen LogP contribution in [0.3, 0.4) is 0 Å². The van der Waals surface area contributed by atoms with Crippen molar-refractivity contribution in [3.63, 3.8) is 0 Å². The van der Waals surface area contributed by atoms with Gasteiger partial charge in [0.05, 0.1) is 23.4 Å². The van der Waals surface area contributed by atoms with E-state index in [1.165, 1.54) is 30.0 Å². The number of carbonyl (C=O) groups is 1. The molecule has 1 fully saturated rings. The molecule has 0 radical (unpaired) electrons. The van der Waals surface area contributed by atoms with Gasteiger partial charge in [0.25, 0.3) is 5.91 Å². The minimum absolute atomic E-state index is 0.000270. The van der Waals surface area contributed by atoms with E-state index in [-0.39, 0.29) is 11.7 Å². The highest BCUT2D eigenvalue weighted by molar-refractivity contribution is 8.19. The van der Waals surface area contributed by atoms with E-state index in [9.17, 15) is 9.90 Å². The van der Waals surface area contributed by atoms with Crippen molar-refractivity contribution in [1.29, 1.82) is 0 Å². The molecule has 6 heteroatoms. The van der Waals surface area contributed by atoms with Crippen LogP contribution in [-0.2, 0) is 17.6 Å². The second kappa shape index (κ2) is 9.96. The van der Waals surface area contributed by atoms with Crippen LogP contribution >= 0.6 is 11.8 Å².